The third-order valence-electron chi connectivity index (χ3n) is 9.84. The molecule has 0 aromatic heterocycles. The Morgan fingerprint density at radius 2 is 1.68 bits per heavy atom. The number of benzene rings is 2. The molecule has 4 aliphatic rings. The number of aliphatic hydroxyl groups is 1. The summed E-state index contributed by atoms with van der Waals surface area (Å²) in [6, 6.07) is 15.5. The van der Waals surface area contributed by atoms with Gasteiger partial charge < -0.3 is 10.0 Å². The maximum Gasteiger partial charge on any atom is 0.254 e. The lowest BCUT2D eigenvalue weighted by molar-refractivity contribution is 0.0376. The van der Waals surface area contributed by atoms with Gasteiger partial charge in [0.15, 0.2) is 0 Å². The second kappa shape index (κ2) is 10.9. The molecular weight excluding hydrogens is 456 g/mol. The van der Waals surface area contributed by atoms with E-state index in [1.165, 1.54) is 73.6 Å². The predicted molar refractivity (Wildman–Crippen MR) is 149 cm³/mol. The topological polar surface area (TPSA) is 43.8 Å². The Kier molecular flexibility index (Phi) is 7.40. The van der Waals surface area contributed by atoms with Gasteiger partial charge in [-0.2, -0.15) is 0 Å². The minimum atomic E-state index is -0.526. The Labute approximate surface area is 223 Å². The number of carbonyl (C=O) groups excluding carboxylic acids is 1. The number of nitrogens with zero attached hydrogens (tertiary/aromatic N) is 2. The van der Waals surface area contributed by atoms with Crippen LogP contribution in [0, 0.1) is 5.92 Å². The average molecular weight is 501 g/mol. The summed E-state index contributed by atoms with van der Waals surface area (Å²) in [5.74, 6) is 0.904. The summed E-state index contributed by atoms with van der Waals surface area (Å²) >= 11 is 0. The third kappa shape index (κ3) is 5.38. The van der Waals surface area contributed by atoms with Gasteiger partial charge >= 0.3 is 0 Å². The summed E-state index contributed by atoms with van der Waals surface area (Å²) in [6.45, 7) is 3.68. The molecule has 6 rings (SSSR count). The normalized spacial score (nSPS) is 23.1. The Morgan fingerprint density at radius 3 is 2.49 bits per heavy atom. The molecule has 1 spiro atoms. The van der Waals surface area contributed by atoms with E-state index >= 15 is 0 Å². The van der Waals surface area contributed by atoms with Crippen molar-refractivity contribution in [2.75, 3.05) is 26.2 Å². The quantitative estimate of drug-likeness (QED) is 0.538. The first-order valence-electron chi connectivity index (χ1n) is 15.0. The van der Waals surface area contributed by atoms with Crippen LogP contribution in [0.2, 0.25) is 0 Å². The van der Waals surface area contributed by atoms with Gasteiger partial charge in [0, 0.05) is 43.7 Å². The molecule has 0 radical (unpaired) electrons. The summed E-state index contributed by atoms with van der Waals surface area (Å²) < 4.78 is 0. The van der Waals surface area contributed by atoms with E-state index in [0.717, 1.165) is 56.8 Å². The first kappa shape index (κ1) is 25.1. The highest BCUT2D eigenvalue weighted by atomic mass is 16.3. The highest BCUT2D eigenvalue weighted by molar-refractivity contribution is 5.97. The van der Waals surface area contributed by atoms with Crippen LogP contribution in [0.1, 0.15) is 96.8 Å². The number of hydrogen-bond donors (Lipinski definition) is 1. The van der Waals surface area contributed by atoms with E-state index in [2.05, 4.69) is 47.4 Å². The van der Waals surface area contributed by atoms with E-state index < -0.39 is 6.10 Å². The fraction of sp³-hybridized carbons (Fsp3) is 0.606. The van der Waals surface area contributed by atoms with Crippen molar-refractivity contribution in [1.82, 2.24) is 9.80 Å². The lowest BCUT2D eigenvalue weighted by Crippen LogP contribution is -2.53. The molecule has 2 aliphatic carbocycles. The molecule has 0 saturated heterocycles. The minimum absolute atomic E-state index is 0.0641. The molecule has 4 nitrogen and oxygen atoms in total. The Morgan fingerprint density at radius 1 is 0.919 bits per heavy atom. The Hall–Kier alpha value is -2.17. The van der Waals surface area contributed by atoms with Gasteiger partial charge in [0.2, 0.25) is 0 Å². The molecule has 2 aliphatic heterocycles. The third-order valence-corrected chi connectivity index (χ3v) is 9.84. The van der Waals surface area contributed by atoms with E-state index in [9.17, 15) is 9.90 Å². The SMILES string of the molecule is O=C1c2cc(CC3CCCCC3)ccc2C2(CCCCC2)CN1CC(O)CN1CCc2ccccc2C1. The Bertz CT molecular complexity index is 1100. The zero-order chi connectivity index (χ0) is 25.2. The molecule has 2 heterocycles. The number of fused-ring (bicyclic) bond motifs is 3. The van der Waals surface area contributed by atoms with Crippen LogP contribution in [-0.4, -0.2) is 53.1 Å². The number of hydrogen-bond acceptors (Lipinski definition) is 3. The molecule has 1 amide bonds. The molecule has 0 bridgehead atoms. The second-order valence-corrected chi connectivity index (χ2v) is 12.5. The van der Waals surface area contributed by atoms with Crippen molar-refractivity contribution < 1.29 is 9.90 Å². The summed E-state index contributed by atoms with van der Waals surface area (Å²) in [5.41, 5.74) is 6.42. The number of amides is 1. The molecule has 2 fully saturated rings. The molecule has 1 atom stereocenters. The lowest BCUT2D eigenvalue weighted by Gasteiger charge is -2.47. The lowest BCUT2D eigenvalue weighted by atomic mass is 9.65. The molecule has 1 unspecified atom stereocenters. The van der Waals surface area contributed by atoms with Crippen molar-refractivity contribution in [1.29, 1.82) is 0 Å². The maximum absolute atomic E-state index is 13.9. The van der Waals surface area contributed by atoms with Crippen molar-refractivity contribution in [2.24, 2.45) is 5.92 Å². The van der Waals surface area contributed by atoms with Crippen LogP contribution in [0.3, 0.4) is 0 Å². The Balaban J connectivity index is 1.19. The summed E-state index contributed by atoms with van der Waals surface area (Å²) in [5, 5.41) is 11.2. The minimum Gasteiger partial charge on any atom is -0.390 e. The van der Waals surface area contributed by atoms with Gasteiger partial charge in [-0.05, 0) is 59.9 Å². The van der Waals surface area contributed by atoms with Crippen LogP contribution >= 0.6 is 0 Å². The zero-order valence-electron chi connectivity index (χ0n) is 22.5. The first-order chi connectivity index (χ1) is 18.1. The number of carbonyl (C=O) groups is 1. The number of rotatable bonds is 6. The highest BCUT2D eigenvalue weighted by Gasteiger charge is 2.44. The first-order valence-corrected chi connectivity index (χ1v) is 15.0. The molecule has 1 N–H and O–H groups in total. The van der Waals surface area contributed by atoms with Crippen LogP contribution in [0.25, 0.3) is 0 Å². The fourth-order valence-electron chi connectivity index (χ4n) is 7.90. The van der Waals surface area contributed by atoms with Crippen LogP contribution in [-0.2, 0) is 24.8 Å². The summed E-state index contributed by atoms with van der Waals surface area (Å²) in [6.07, 6.45) is 14.4. The van der Waals surface area contributed by atoms with E-state index in [1.807, 2.05) is 4.90 Å². The predicted octanol–water partition coefficient (Wildman–Crippen LogP) is 5.89. The van der Waals surface area contributed by atoms with Crippen molar-refractivity contribution >= 4 is 5.91 Å². The van der Waals surface area contributed by atoms with Crippen molar-refractivity contribution in [3.05, 3.63) is 70.3 Å². The zero-order valence-corrected chi connectivity index (χ0v) is 22.5. The van der Waals surface area contributed by atoms with Crippen LogP contribution in [0.5, 0.6) is 0 Å². The average Bonchev–Trinajstić information content (AvgIpc) is 2.92. The van der Waals surface area contributed by atoms with Crippen LogP contribution in [0.15, 0.2) is 42.5 Å². The van der Waals surface area contributed by atoms with Gasteiger partial charge in [-0.1, -0.05) is 87.8 Å². The molecule has 2 saturated carbocycles. The molecule has 198 valence electrons. The van der Waals surface area contributed by atoms with E-state index in [0.29, 0.717) is 13.1 Å². The number of β-amino-alcohol motifs (C(OH)–C–C–N with tert-alkyl or cyclic N) is 1. The molecular formula is C33H44N2O2. The summed E-state index contributed by atoms with van der Waals surface area (Å²) in [4.78, 5) is 18.2. The van der Waals surface area contributed by atoms with Gasteiger partial charge in [0.1, 0.15) is 0 Å². The summed E-state index contributed by atoms with van der Waals surface area (Å²) in [7, 11) is 0. The smallest absolute Gasteiger partial charge is 0.254 e. The van der Waals surface area contributed by atoms with E-state index in [1.54, 1.807) is 0 Å². The van der Waals surface area contributed by atoms with Crippen LogP contribution in [0.4, 0.5) is 0 Å². The second-order valence-electron chi connectivity index (χ2n) is 12.5. The van der Waals surface area contributed by atoms with Crippen LogP contribution < -0.4 is 0 Å². The van der Waals surface area contributed by atoms with Crippen molar-refractivity contribution in [3.8, 4) is 0 Å². The van der Waals surface area contributed by atoms with E-state index in [-0.39, 0.29) is 11.3 Å². The molecule has 2 aromatic rings. The molecule has 4 heteroatoms. The van der Waals surface area contributed by atoms with Gasteiger partial charge in [0.25, 0.3) is 5.91 Å². The highest BCUT2D eigenvalue weighted by Crippen LogP contribution is 2.45. The standard InChI is InChI=1S/C33H44N2O2/c36-29(22-34-18-15-27-11-5-6-12-28(27)21-34)23-35-24-33(16-7-2-8-17-33)31-14-13-26(20-30(31)32(35)37)19-25-9-3-1-4-10-25/h5-6,11-14,20,25,29,36H,1-4,7-10,15-19,21-24H2. The molecule has 2 aromatic carbocycles. The number of aliphatic hydroxyl groups excluding tert-OH is 1. The van der Waals surface area contributed by atoms with Crippen molar-refractivity contribution in [3.63, 3.8) is 0 Å². The molecule has 37 heavy (non-hydrogen) atoms. The largest absolute Gasteiger partial charge is 0.390 e. The van der Waals surface area contributed by atoms with Gasteiger partial charge in [-0.15, -0.1) is 0 Å². The van der Waals surface area contributed by atoms with Gasteiger partial charge in [-0.3, -0.25) is 9.69 Å². The maximum atomic E-state index is 13.9. The van der Waals surface area contributed by atoms with Gasteiger partial charge in [-0.25, -0.2) is 0 Å². The van der Waals surface area contributed by atoms with Crippen molar-refractivity contribution in [2.45, 2.75) is 95.1 Å². The monoisotopic (exact) mass is 500 g/mol. The van der Waals surface area contributed by atoms with E-state index in [4.69, 9.17) is 0 Å². The van der Waals surface area contributed by atoms with Gasteiger partial charge in [0.05, 0.1) is 6.10 Å². The fourth-order valence-corrected chi connectivity index (χ4v) is 7.90.